The summed E-state index contributed by atoms with van der Waals surface area (Å²) in [5, 5.41) is 3.21. The van der Waals surface area contributed by atoms with Crippen molar-refractivity contribution in [1.29, 1.82) is 0 Å². The fourth-order valence-electron chi connectivity index (χ4n) is 3.90. The lowest BCUT2D eigenvalue weighted by molar-refractivity contribution is -0.122. The maximum atomic E-state index is 13.9. The molecule has 0 radical (unpaired) electrons. The third-order valence-electron chi connectivity index (χ3n) is 5.44. The topological polar surface area (TPSA) is 35.6 Å². The molecule has 4 nitrogen and oxygen atoms in total. The van der Waals surface area contributed by atoms with Crippen LogP contribution in [0, 0.1) is 5.82 Å². The number of nitrogens with one attached hydrogen (secondary N) is 1. The van der Waals surface area contributed by atoms with Crippen LogP contribution in [-0.2, 0) is 4.79 Å². The molecule has 25 heavy (non-hydrogen) atoms. The number of hydrogen-bond acceptors (Lipinski definition) is 3. The lowest BCUT2D eigenvalue weighted by atomic mass is 10.1. The molecule has 1 saturated heterocycles. The average molecular weight is 347 g/mol. The Bertz CT molecular complexity index is 550. The maximum Gasteiger partial charge on any atom is 0.221 e. The molecule has 2 aliphatic rings. The number of halogens is 1. The largest absolute Gasteiger partial charge is 0.367 e. The molecule has 1 aliphatic heterocycles. The lowest BCUT2D eigenvalue weighted by Gasteiger charge is -2.36. The van der Waals surface area contributed by atoms with Gasteiger partial charge < -0.3 is 10.2 Å². The Morgan fingerprint density at radius 1 is 1.04 bits per heavy atom. The van der Waals surface area contributed by atoms with E-state index < -0.39 is 0 Å². The van der Waals surface area contributed by atoms with Gasteiger partial charge in [-0.05, 0) is 25.0 Å². The Morgan fingerprint density at radius 3 is 2.40 bits per heavy atom. The summed E-state index contributed by atoms with van der Waals surface area (Å²) in [7, 11) is 0. The van der Waals surface area contributed by atoms with Gasteiger partial charge in [0, 0.05) is 45.2 Å². The van der Waals surface area contributed by atoms with Gasteiger partial charge in [-0.25, -0.2) is 4.39 Å². The van der Waals surface area contributed by atoms with Crippen LogP contribution in [0.25, 0.3) is 0 Å². The van der Waals surface area contributed by atoms with Gasteiger partial charge in [0.15, 0.2) is 0 Å². The zero-order valence-corrected chi connectivity index (χ0v) is 15.1. The van der Waals surface area contributed by atoms with E-state index in [2.05, 4.69) is 15.1 Å². The number of benzene rings is 1. The molecule has 0 spiro atoms. The third-order valence-corrected chi connectivity index (χ3v) is 5.44. The summed E-state index contributed by atoms with van der Waals surface area (Å²) in [5.74, 6) is 0.0298. The van der Waals surface area contributed by atoms with Gasteiger partial charge >= 0.3 is 0 Å². The summed E-state index contributed by atoms with van der Waals surface area (Å²) in [6.07, 6.45) is 7.92. The Labute approximate surface area is 150 Å². The second-order valence-corrected chi connectivity index (χ2v) is 7.29. The van der Waals surface area contributed by atoms with Gasteiger partial charge in [0.2, 0.25) is 5.91 Å². The average Bonchev–Trinajstić information content (AvgIpc) is 2.90. The first kappa shape index (κ1) is 18.2. The minimum absolute atomic E-state index is 0.154. The number of anilines is 1. The quantitative estimate of drug-likeness (QED) is 0.831. The molecule has 138 valence electrons. The first-order valence-electron chi connectivity index (χ1n) is 9.73. The summed E-state index contributed by atoms with van der Waals surface area (Å²) in [4.78, 5) is 16.6. The highest BCUT2D eigenvalue weighted by molar-refractivity contribution is 5.76. The van der Waals surface area contributed by atoms with Crippen LogP contribution >= 0.6 is 0 Å². The molecule has 5 heteroatoms. The normalized spacial score (nSPS) is 20.3. The fraction of sp³-hybridized carbons (Fsp3) is 0.650. The first-order chi connectivity index (χ1) is 12.2. The van der Waals surface area contributed by atoms with E-state index in [9.17, 15) is 9.18 Å². The highest BCUT2D eigenvalue weighted by Crippen LogP contribution is 2.20. The molecule has 1 aromatic carbocycles. The zero-order valence-electron chi connectivity index (χ0n) is 15.1. The maximum absolute atomic E-state index is 13.9. The van der Waals surface area contributed by atoms with Gasteiger partial charge in [-0.15, -0.1) is 0 Å². The second-order valence-electron chi connectivity index (χ2n) is 7.29. The molecule has 1 heterocycles. The molecule has 0 bridgehead atoms. The Morgan fingerprint density at radius 2 is 1.72 bits per heavy atom. The van der Waals surface area contributed by atoms with E-state index in [1.54, 1.807) is 6.07 Å². The van der Waals surface area contributed by atoms with Crippen molar-refractivity contribution in [2.75, 3.05) is 37.6 Å². The highest BCUT2D eigenvalue weighted by atomic mass is 19.1. The van der Waals surface area contributed by atoms with E-state index >= 15 is 0 Å². The highest BCUT2D eigenvalue weighted by Gasteiger charge is 2.20. The number of piperazine rings is 1. The predicted octanol–water partition coefficient (Wildman–Crippen LogP) is 3.18. The van der Waals surface area contributed by atoms with Gasteiger partial charge in [0.05, 0.1) is 5.69 Å². The van der Waals surface area contributed by atoms with E-state index in [-0.39, 0.29) is 11.7 Å². The van der Waals surface area contributed by atoms with Crippen molar-refractivity contribution in [3.8, 4) is 0 Å². The number of amides is 1. The Hall–Kier alpha value is -1.62. The molecular formula is C20H30FN3O. The Balaban J connectivity index is 1.37. The van der Waals surface area contributed by atoms with E-state index in [1.165, 1.54) is 31.7 Å². The summed E-state index contributed by atoms with van der Waals surface area (Å²) in [6.45, 7) is 4.18. The smallest absolute Gasteiger partial charge is 0.221 e. The second kappa shape index (κ2) is 9.18. The number of hydrogen-bond donors (Lipinski definition) is 1. The van der Waals surface area contributed by atoms with Crippen molar-refractivity contribution in [2.45, 2.75) is 51.0 Å². The number of para-hydroxylation sites is 1. The van der Waals surface area contributed by atoms with Crippen molar-refractivity contribution < 1.29 is 9.18 Å². The molecule has 1 amide bonds. The van der Waals surface area contributed by atoms with Crippen molar-refractivity contribution in [3.63, 3.8) is 0 Å². The van der Waals surface area contributed by atoms with Gasteiger partial charge in [-0.3, -0.25) is 9.69 Å². The molecule has 1 saturated carbocycles. The van der Waals surface area contributed by atoms with Crippen LogP contribution in [0.4, 0.5) is 10.1 Å². The van der Waals surface area contributed by atoms with Crippen LogP contribution in [0.2, 0.25) is 0 Å². The van der Waals surface area contributed by atoms with Crippen LogP contribution in [0.1, 0.15) is 44.9 Å². The van der Waals surface area contributed by atoms with Crippen molar-refractivity contribution in [3.05, 3.63) is 30.1 Å². The minimum atomic E-state index is -0.154. The van der Waals surface area contributed by atoms with E-state index in [0.717, 1.165) is 45.6 Å². The van der Waals surface area contributed by atoms with Gasteiger partial charge in [-0.1, -0.05) is 37.8 Å². The predicted molar refractivity (Wildman–Crippen MR) is 99.3 cm³/mol. The molecule has 0 aromatic heterocycles. The molecule has 1 aliphatic carbocycles. The summed E-state index contributed by atoms with van der Waals surface area (Å²) in [5.41, 5.74) is 0.688. The SMILES string of the molecule is O=C(CCN1CCN(c2ccccc2F)CC1)NC1CCCCCC1. The number of carbonyl (C=O) groups is 1. The lowest BCUT2D eigenvalue weighted by Crippen LogP contribution is -2.47. The van der Waals surface area contributed by atoms with Crippen LogP contribution in [0.3, 0.4) is 0 Å². The monoisotopic (exact) mass is 347 g/mol. The minimum Gasteiger partial charge on any atom is -0.367 e. The summed E-state index contributed by atoms with van der Waals surface area (Å²) >= 11 is 0. The van der Waals surface area contributed by atoms with Gasteiger partial charge in [-0.2, -0.15) is 0 Å². The molecule has 0 unspecified atom stereocenters. The molecule has 3 rings (SSSR count). The van der Waals surface area contributed by atoms with E-state index in [1.807, 2.05) is 12.1 Å². The number of nitrogens with zero attached hydrogens (tertiary/aromatic N) is 2. The standard InChI is InChI=1S/C20H30FN3O/c21-18-9-5-6-10-19(18)24-15-13-23(14-16-24)12-11-20(25)22-17-7-3-1-2-4-8-17/h5-6,9-10,17H,1-4,7-8,11-16H2,(H,22,25). The van der Waals surface area contributed by atoms with E-state index in [0.29, 0.717) is 18.2 Å². The summed E-state index contributed by atoms with van der Waals surface area (Å²) < 4.78 is 13.9. The molecule has 2 fully saturated rings. The van der Waals surface area contributed by atoms with Crippen molar-refractivity contribution in [1.82, 2.24) is 10.2 Å². The van der Waals surface area contributed by atoms with Crippen molar-refractivity contribution in [2.24, 2.45) is 0 Å². The number of carbonyl (C=O) groups excluding carboxylic acids is 1. The molecular weight excluding hydrogens is 317 g/mol. The van der Waals surface area contributed by atoms with Crippen molar-refractivity contribution >= 4 is 11.6 Å². The number of rotatable bonds is 5. The fourth-order valence-corrected chi connectivity index (χ4v) is 3.90. The van der Waals surface area contributed by atoms with Crippen LogP contribution in [0.15, 0.2) is 24.3 Å². The van der Waals surface area contributed by atoms with Crippen LogP contribution in [-0.4, -0.2) is 49.6 Å². The van der Waals surface area contributed by atoms with Crippen LogP contribution in [0.5, 0.6) is 0 Å². The van der Waals surface area contributed by atoms with Gasteiger partial charge in [0.1, 0.15) is 5.82 Å². The Kier molecular flexibility index (Phi) is 6.68. The van der Waals surface area contributed by atoms with Gasteiger partial charge in [0.25, 0.3) is 0 Å². The van der Waals surface area contributed by atoms with Crippen LogP contribution < -0.4 is 10.2 Å². The first-order valence-corrected chi connectivity index (χ1v) is 9.73. The summed E-state index contributed by atoms with van der Waals surface area (Å²) in [6, 6.07) is 7.34. The third kappa shape index (κ3) is 5.43. The molecule has 1 aromatic rings. The zero-order chi connectivity index (χ0) is 17.5. The molecule has 1 N–H and O–H groups in total. The molecule has 0 atom stereocenters. The van der Waals surface area contributed by atoms with E-state index in [4.69, 9.17) is 0 Å².